The molecule has 0 saturated heterocycles. The first-order valence-corrected chi connectivity index (χ1v) is 8.95. The van der Waals surface area contributed by atoms with Gasteiger partial charge in [0.15, 0.2) is 5.69 Å². The fourth-order valence-corrected chi connectivity index (χ4v) is 2.77. The molecule has 0 aliphatic heterocycles. The van der Waals surface area contributed by atoms with Crippen molar-refractivity contribution in [2.24, 2.45) is 5.73 Å². The van der Waals surface area contributed by atoms with E-state index in [0.717, 1.165) is 0 Å². The van der Waals surface area contributed by atoms with Crippen molar-refractivity contribution in [3.05, 3.63) is 54.0 Å². The minimum absolute atomic E-state index is 0.168. The molecule has 1 aromatic carbocycles. The van der Waals surface area contributed by atoms with E-state index in [4.69, 9.17) is 5.73 Å². The highest BCUT2D eigenvalue weighted by Crippen LogP contribution is 2.21. The molecule has 3 rings (SSSR count). The summed E-state index contributed by atoms with van der Waals surface area (Å²) in [7, 11) is 1.64. The van der Waals surface area contributed by atoms with E-state index in [1.807, 2.05) is 18.2 Å². The monoisotopic (exact) mass is 391 g/mol. The highest BCUT2D eigenvalue weighted by atomic mass is 16.3. The van der Waals surface area contributed by atoms with Crippen LogP contribution in [0, 0.1) is 11.8 Å². The van der Waals surface area contributed by atoms with Crippen molar-refractivity contribution < 1.29 is 14.7 Å². The maximum atomic E-state index is 11.7. The highest BCUT2D eigenvalue weighted by molar-refractivity contribution is 6.04. The fraction of sp³-hybridized carbons (Fsp3) is 0.238. The van der Waals surface area contributed by atoms with E-state index in [1.54, 1.807) is 43.2 Å². The Morgan fingerprint density at radius 2 is 2.21 bits per heavy atom. The zero-order chi connectivity index (χ0) is 21.0. The normalized spacial score (nSPS) is 12.7. The molecular formula is C21H21N5O3. The van der Waals surface area contributed by atoms with Crippen molar-refractivity contribution in [1.29, 1.82) is 0 Å². The van der Waals surface area contributed by atoms with Crippen LogP contribution in [0.3, 0.4) is 0 Å². The van der Waals surface area contributed by atoms with Crippen molar-refractivity contribution in [2.45, 2.75) is 18.9 Å². The molecule has 0 saturated carbocycles. The number of carbonyl (C=O) groups is 2. The van der Waals surface area contributed by atoms with Crippen molar-refractivity contribution in [2.75, 3.05) is 13.6 Å². The van der Waals surface area contributed by atoms with E-state index >= 15 is 0 Å². The number of aromatic nitrogens is 3. The number of nitrogens with zero attached hydrogens (tertiary/aromatic N) is 4. The largest absolute Gasteiger partial charge is 0.378 e. The van der Waals surface area contributed by atoms with Gasteiger partial charge in [0.2, 0.25) is 6.41 Å². The molecule has 0 aliphatic rings. The SMILES string of the molecule is CN(C=O)CCC(C)(O)C#Cc1cccc(-n2nc(C(N)=O)c3ccncc32)c1. The van der Waals surface area contributed by atoms with E-state index < -0.39 is 11.5 Å². The maximum absolute atomic E-state index is 11.7. The molecule has 2 heterocycles. The van der Waals surface area contributed by atoms with Crippen LogP contribution in [0.4, 0.5) is 0 Å². The van der Waals surface area contributed by atoms with Gasteiger partial charge in [0, 0.05) is 37.2 Å². The van der Waals surface area contributed by atoms with Gasteiger partial charge in [-0.1, -0.05) is 17.9 Å². The van der Waals surface area contributed by atoms with Gasteiger partial charge in [-0.2, -0.15) is 5.10 Å². The summed E-state index contributed by atoms with van der Waals surface area (Å²) in [6, 6.07) is 8.93. The Morgan fingerprint density at radius 3 is 2.93 bits per heavy atom. The van der Waals surface area contributed by atoms with E-state index in [1.165, 1.54) is 4.90 Å². The Kier molecular flexibility index (Phi) is 5.61. The smallest absolute Gasteiger partial charge is 0.269 e. The van der Waals surface area contributed by atoms with Crippen LogP contribution in [0.15, 0.2) is 42.7 Å². The highest BCUT2D eigenvalue weighted by Gasteiger charge is 2.18. The molecule has 0 spiro atoms. The second-order valence-corrected chi connectivity index (χ2v) is 6.93. The number of rotatable bonds is 6. The van der Waals surface area contributed by atoms with Crippen molar-refractivity contribution in [3.63, 3.8) is 0 Å². The van der Waals surface area contributed by atoms with Crippen LogP contribution in [0.5, 0.6) is 0 Å². The Bertz CT molecular complexity index is 1120. The lowest BCUT2D eigenvalue weighted by Crippen LogP contribution is -2.29. The Balaban J connectivity index is 1.93. The van der Waals surface area contributed by atoms with E-state index in [-0.39, 0.29) is 5.69 Å². The summed E-state index contributed by atoms with van der Waals surface area (Å²) >= 11 is 0. The Morgan fingerprint density at radius 1 is 1.41 bits per heavy atom. The molecular weight excluding hydrogens is 370 g/mol. The molecule has 0 fully saturated rings. The third-order valence-electron chi connectivity index (χ3n) is 4.41. The van der Waals surface area contributed by atoms with Crippen LogP contribution in [-0.2, 0) is 4.79 Å². The summed E-state index contributed by atoms with van der Waals surface area (Å²) in [6.07, 6.45) is 4.22. The molecule has 8 nitrogen and oxygen atoms in total. The number of fused-ring (bicyclic) bond motifs is 1. The average Bonchev–Trinajstić information content (AvgIpc) is 3.11. The molecule has 2 aromatic heterocycles. The van der Waals surface area contributed by atoms with Crippen molar-refractivity contribution in [3.8, 4) is 17.5 Å². The second kappa shape index (κ2) is 8.12. The number of nitrogens with two attached hydrogens (primary N) is 1. The van der Waals surface area contributed by atoms with Crippen LogP contribution >= 0.6 is 0 Å². The van der Waals surface area contributed by atoms with Crippen LogP contribution in [0.1, 0.15) is 29.4 Å². The standard InChI is InChI=1S/C21H21N5O3/c1-21(29,9-11-25(2)14-27)8-6-15-4-3-5-16(12-15)26-18-13-23-10-7-17(18)19(24-26)20(22)28/h3-5,7,10,12-14,29H,9,11H2,1-2H3,(H2,22,28). The van der Waals surface area contributed by atoms with E-state index in [0.29, 0.717) is 41.5 Å². The van der Waals surface area contributed by atoms with Crippen molar-refractivity contribution in [1.82, 2.24) is 19.7 Å². The van der Waals surface area contributed by atoms with Gasteiger partial charge in [0.1, 0.15) is 5.60 Å². The van der Waals surface area contributed by atoms with Crippen LogP contribution in [0.2, 0.25) is 0 Å². The molecule has 8 heteroatoms. The quantitative estimate of drug-likeness (QED) is 0.482. The molecule has 148 valence electrons. The number of pyridine rings is 1. The minimum Gasteiger partial charge on any atom is -0.378 e. The number of aliphatic hydroxyl groups is 1. The predicted octanol–water partition coefficient (Wildman–Crippen LogP) is 1.10. The second-order valence-electron chi connectivity index (χ2n) is 6.93. The summed E-state index contributed by atoms with van der Waals surface area (Å²) in [5.74, 6) is 5.18. The molecule has 1 unspecified atom stereocenters. The van der Waals surface area contributed by atoms with Gasteiger partial charge in [-0.05, 0) is 31.2 Å². The van der Waals surface area contributed by atoms with Crippen molar-refractivity contribution >= 4 is 23.2 Å². The van der Waals surface area contributed by atoms with Gasteiger partial charge in [-0.3, -0.25) is 14.6 Å². The molecule has 0 bridgehead atoms. The van der Waals surface area contributed by atoms with E-state index in [2.05, 4.69) is 21.9 Å². The molecule has 3 aromatic rings. The lowest BCUT2D eigenvalue weighted by Gasteiger charge is -2.19. The van der Waals surface area contributed by atoms with Gasteiger partial charge < -0.3 is 15.7 Å². The molecule has 29 heavy (non-hydrogen) atoms. The Hall–Kier alpha value is -3.70. The predicted molar refractivity (Wildman–Crippen MR) is 108 cm³/mol. The number of benzene rings is 1. The fourth-order valence-electron chi connectivity index (χ4n) is 2.77. The summed E-state index contributed by atoms with van der Waals surface area (Å²) in [4.78, 5) is 27.9. The molecule has 2 amide bonds. The number of primary amides is 1. The molecule has 3 N–H and O–H groups in total. The first-order valence-electron chi connectivity index (χ1n) is 8.95. The van der Waals surface area contributed by atoms with Gasteiger partial charge in [-0.15, -0.1) is 0 Å². The zero-order valence-electron chi connectivity index (χ0n) is 16.2. The third-order valence-corrected chi connectivity index (χ3v) is 4.41. The third kappa shape index (κ3) is 4.59. The number of carbonyl (C=O) groups excluding carboxylic acids is 2. The first-order chi connectivity index (χ1) is 13.8. The summed E-state index contributed by atoms with van der Waals surface area (Å²) in [5.41, 5.74) is 6.37. The minimum atomic E-state index is -1.24. The molecule has 0 aliphatic carbocycles. The first kappa shape index (κ1) is 20.0. The summed E-state index contributed by atoms with van der Waals surface area (Å²) < 4.78 is 1.59. The average molecular weight is 391 g/mol. The van der Waals surface area contributed by atoms with Crippen LogP contribution < -0.4 is 5.73 Å². The van der Waals surface area contributed by atoms with Crippen LogP contribution in [-0.4, -0.2) is 56.3 Å². The summed E-state index contributed by atoms with van der Waals surface area (Å²) in [6.45, 7) is 2.00. The van der Waals surface area contributed by atoms with Gasteiger partial charge in [0.05, 0.1) is 17.4 Å². The molecule has 0 radical (unpaired) electrons. The topological polar surface area (TPSA) is 114 Å². The lowest BCUT2D eigenvalue weighted by atomic mass is 10.0. The Labute approximate surface area is 167 Å². The van der Waals surface area contributed by atoms with Gasteiger partial charge in [0.25, 0.3) is 5.91 Å². The van der Waals surface area contributed by atoms with Crippen LogP contribution in [0.25, 0.3) is 16.6 Å². The summed E-state index contributed by atoms with van der Waals surface area (Å²) in [5, 5.41) is 15.4. The van der Waals surface area contributed by atoms with E-state index in [9.17, 15) is 14.7 Å². The molecule has 1 atom stereocenters. The number of amides is 2. The number of hydrogen-bond acceptors (Lipinski definition) is 5. The number of hydrogen-bond donors (Lipinski definition) is 2. The zero-order valence-corrected chi connectivity index (χ0v) is 16.2. The lowest BCUT2D eigenvalue weighted by molar-refractivity contribution is -0.117. The van der Waals surface area contributed by atoms with Gasteiger partial charge >= 0.3 is 0 Å². The maximum Gasteiger partial charge on any atom is 0.269 e. The van der Waals surface area contributed by atoms with Gasteiger partial charge in [-0.25, -0.2) is 4.68 Å².